The molecule has 3 heterocycles. The van der Waals surface area contributed by atoms with Gasteiger partial charge in [-0.2, -0.15) is 0 Å². The minimum atomic E-state index is 0.0120. The molecular weight excluding hydrogens is 284 g/mol. The van der Waals surface area contributed by atoms with Gasteiger partial charge in [0.1, 0.15) is 0 Å². The summed E-state index contributed by atoms with van der Waals surface area (Å²) >= 11 is 1.47. The summed E-state index contributed by atoms with van der Waals surface area (Å²) in [5.41, 5.74) is 0. The Labute approximate surface area is 128 Å². The third-order valence-electron chi connectivity index (χ3n) is 4.09. The third-order valence-corrected chi connectivity index (χ3v) is 4.96. The maximum Gasteiger partial charge on any atom is 0.261 e. The van der Waals surface area contributed by atoms with E-state index in [1.807, 2.05) is 29.6 Å². The number of nitrogens with one attached hydrogen (secondary N) is 2. The smallest absolute Gasteiger partial charge is 0.261 e. The molecule has 0 aromatic carbocycles. The van der Waals surface area contributed by atoms with Gasteiger partial charge in [-0.1, -0.05) is 6.07 Å². The lowest BCUT2D eigenvalue weighted by Gasteiger charge is -2.30. The van der Waals surface area contributed by atoms with Crippen molar-refractivity contribution < 1.29 is 14.1 Å². The summed E-state index contributed by atoms with van der Waals surface area (Å²) in [6, 6.07) is 7.91. The minimum Gasteiger partial charge on any atom is -0.463 e. The predicted octanol–water partition coefficient (Wildman–Crippen LogP) is 1.88. The summed E-state index contributed by atoms with van der Waals surface area (Å²) in [6.45, 7) is 2.93. The molecule has 1 atom stereocenters. The van der Waals surface area contributed by atoms with Gasteiger partial charge in [-0.3, -0.25) is 4.79 Å². The highest BCUT2D eigenvalue weighted by atomic mass is 32.1. The summed E-state index contributed by atoms with van der Waals surface area (Å²) < 4.78 is 5.60. The van der Waals surface area contributed by atoms with Crippen LogP contribution in [0.3, 0.4) is 0 Å². The van der Waals surface area contributed by atoms with E-state index >= 15 is 0 Å². The lowest BCUT2D eigenvalue weighted by molar-refractivity contribution is -0.936. The van der Waals surface area contributed by atoms with Crippen molar-refractivity contribution in [3.63, 3.8) is 0 Å². The standard InChI is InChI=1S/C16H20N2O2S/c19-16(15-7-5-11-21-15)17-12-13(14-6-4-10-20-14)18-8-2-1-3-9-18/h4-7,10-11,13H,1-3,8-9,12H2,(H,17,19)/p+1/t13-/m0/s1. The van der Waals surface area contributed by atoms with Crippen molar-refractivity contribution in [3.05, 3.63) is 46.5 Å². The van der Waals surface area contributed by atoms with Gasteiger partial charge in [0.2, 0.25) is 0 Å². The summed E-state index contributed by atoms with van der Waals surface area (Å²) in [6.07, 6.45) is 5.54. The number of likely N-dealkylation sites (tertiary alicyclic amines) is 1. The Morgan fingerprint density at radius 2 is 2.14 bits per heavy atom. The average molecular weight is 305 g/mol. The van der Waals surface area contributed by atoms with Crippen molar-refractivity contribution in [2.75, 3.05) is 19.6 Å². The molecule has 2 aromatic rings. The number of amides is 1. The topological polar surface area (TPSA) is 46.7 Å². The molecule has 0 unspecified atom stereocenters. The fourth-order valence-corrected chi connectivity index (χ4v) is 3.62. The first-order valence-corrected chi connectivity index (χ1v) is 8.42. The molecule has 1 aliphatic heterocycles. The second-order valence-corrected chi connectivity index (χ2v) is 6.42. The summed E-state index contributed by atoms with van der Waals surface area (Å²) in [5, 5.41) is 4.99. The van der Waals surface area contributed by atoms with E-state index in [9.17, 15) is 4.79 Å². The van der Waals surface area contributed by atoms with Crippen LogP contribution in [0.15, 0.2) is 40.3 Å². The third kappa shape index (κ3) is 3.54. The first-order valence-electron chi connectivity index (χ1n) is 7.54. The van der Waals surface area contributed by atoms with Crippen LogP contribution in [0.2, 0.25) is 0 Å². The second kappa shape index (κ2) is 6.91. The SMILES string of the molecule is O=C(NC[C@@H](c1ccco1)[NH+]1CCCCC1)c1cccs1. The van der Waals surface area contributed by atoms with Crippen LogP contribution in [0.5, 0.6) is 0 Å². The molecule has 112 valence electrons. The van der Waals surface area contributed by atoms with Crippen molar-refractivity contribution in [2.45, 2.75) is 25.3 Å². The van der Waals surface area contributed by atoms with Crippen LogP contribution in [-0.4, -0.2) is 25.5 Å². The Morgan fingerprint density at radius 3 is 2.81 bits per heavy atom. The zero-order valence-electron chi connectivity index (χ0n) is 12.0. The average Bonchev–Trinajstić information content (AvgIpc) is 3.22. The fourth-order valence-electron chi connectivity index (χ4n) is 2.98. The van der Waals surface area contributed by atoms with E-state index in [1.165, 1.54) is 35.5 Å². The summed E-state index contributed by atoms with van der Waals surface area (Å²) in [7, 11) is 0. The number of quaternary nitrogens is 1. The molecule has 1 saturated heterocycles. The molecule has 1 fully saturated rings. The molecule has 0 bridgehead atoms. The highest BCUT2D eigenvalue weighted by Crippen LogP contribution is 2.13. The van der Waals surface area contributed by atoms with E-state index in [2.05, 4.69) is 5.32 Å². The highest BCUT2D eigenvalue weighted by molar-refractivity contribution is 7.12. The zero-order chi connectivity index (χ0) is 14.5. The van der Waals surface area contributed by atoms with Crippen LogP contribution < -0.4 is 10.2 Å². The Bertz CT molecular complexity index is 545. The molecule has 0 radical (unpaired) electrons. The van der Waals surface area contributed by atoms with Gasteiger partial charge < -0.3 is 14.6 Å². The maximum atomic E-state index is 12.1. The molecule has 21 heavy (non-hydrogen) atoms. The molecule has 4 nitrogen and oxygen atoms in total. The monoisotopic (exact) mass is 305 g/mol. The van der Waals surface area contributed by atoms with Crippen molar-refractivity contribution in [2.24, 2.45) is 0 Å². The Hall–Kier alpha value is -1.59. The number of carbonyl (C=O) groups excluding carboxylic acids is 1. The molecule has 0 aliphatic carbocycles. The fraction of sp³-hybridized carbons (Fsp3) is 0.438. The van der Waals surface area contributed by atoms with Crippen LogP contribution in [0.4, 0.5) is 0 Å². The van der Waals surface area contributed by atoms with Crippen LogP contribution in [-0.2, 0) is 0 Å². The number of hydrogen-bond donors (Lipinski definition) is 2. The van der Waals surface area contributed by atoms with Crippen molar-refractivity contribution >= 4 is 17.2 Å². The van der Waals surface area contributed by atoms with E-state index in [-0.39, 0.29) is 11.9 Å². The van der Waals surface area contributed by atoms with Crippen LogP contribution >= 0.6 is 11.3 Å². The molecule has 0 saturated carbocycles. The molecule has 2 N–H and O–H groups in total. The number of piperidine rings is 1. The van der Waals surface area contributed by atoms with Crippen molar-refractivity contribution in [1.82, 2.24) is 5.32 Å². The van der Waals surface area contributed by atoms with E-state index in [4.69, 9.17) is 4.42 Å². The lowest BCUT2D eigenvalue weighted by atomic mass is 10.1. The molecule has 0 spiro atoms. The molecule has 3 rings (SSSR count). The summed E-state index contributed by atoms with van der Waals surface area (Å²) in [4.78, 5) is 14.4. The normalized spacial score (nSPS) is 17.5. The van der Waals surface area contributed by atoms with Gasteiger partial charge in [-0.25, -0.2) is 0 Å². The number of thiophene rings is 1. The van der Waals surface area contributed by atoms with E-state index in [0.29, 0.717) is 6.54 Å². The van der Waals surface area contributed by atoms with Gasteiger partial charge in [0, 0.05) is 0 Å². The van der Waals surface area contributed by atoms with Crippen LogP contribution in [0.1, 0.15) is 40.7 Å². The molecule has 1 amide bonds. The van der Waals surface area contributed by atoms with Gasteiger partial charge in [0.15, 0.2) is 11.8 Å². The van der Waals surface area contributed by atoms with Crippen LogP contribution in [0.25, 0.3) is 0 Å². The van der Waals surface area contributed by atoms with Crippen molar-refractivity contribution in [3.8, 4) is 0 Å². The minimum absolute atomic E-state index is 0.0120. The zero-order valence-corrected chi connectivity index (χ0v) is 12.8. The first kappa shape index (κ1) is 14.4. The van der Waals surface area contributed by atoms with Crippen LogP contribution in [0, 0.1) is 0 Å². The number of rotatable bonds is 5. The number of hydrogen-bond acceptors (Lipinski definition) is 3. The van der Waals surface area contributed by atoms with Gasteiger partial charge >= 0.3 is 0 Å². The largest absolute Gasteiger partial charge is 0.463 e. The van der Waals surface area contributed by atoms with E-state index in [0.717, 1.165) is 23.7 Å². The molecule has 2 aromatic heterocycles. The van der Waals surface area contributed by atoms with Gasteiger partial charge in [-0.15, -0.1) is 11.3 Å². The Kier molecular flexibility index (Phi) is 4.72. The quantitative estimate of drug-likeness (QED) is 0.886. The van der Waals surface area contributed by atoms with Gasteiger partial charge in [0.25, 0.3) is 5.91 Å². The second-order valence-electron chi connectivity index (χ2n) is 5.47. The molecule has 1 aliphatic rings. The molecule has 5 heteroatoms. The Morgan fingerprint density at radius 1 is 1.29 bits per heavy atom. The van der Waals surface area contributed by atoms with E-state index in [1.54, 1.807) is 6.26 Å². The molecular formula is C16H21N2O2S+. The summed E-state index contributed by atoms with van der Waals surface area (Å²) in [5.74, 6) is 0.983. The highest BCUT2D eigenvalue weighted by Gasteiger charge is 2.28. The maximum absolute atomic E-state index is 12.1. The van der Waals surface area contributed by atoms with Gasteiger partial charge in [0.05, 0.1) is 30.8 Å². The van der Waals surface area contributed by atoms with Gasteiger partial charge in [-0.05, 0) is 42.8 Å². The number of carbonyl (C=O) groups is 1. The predicted molar refractivity (Wildman–Crippen MR) is 82.6 cm³/mol. The number of furan rings is 1. The first-order chi connectivity index (χ1) is 10.3. The lowest BCUT2D eigenvalue weighted by Crippen LogP contribution is -3.13. The Balaban J connectivity index is 1.66. The van der Waals surface area contributed by atoms with Crippen molar-refractivity contribution in [1.29, 1.82) is 0 Å². The van der Waals surface area contributed by atoms with E-state index < -0.39 is 0 Å².